The van der Waals surface area contributed by atoms with Gasteiger partial charge in [-0.25, -0.2) is 4.79 Å². The molecule has 0 aliphatic carbocycles. The number of carbonyl (C=O) groups is 1. The summed E-state index contributed by atoms with van der Waals surface area (Å²) < 4.78 is 4.82. The van der Waals surface area contributed by atoms with E-state index >= 15 is 0 Å². The third kappa shape index (κ3) is 2.15. The lowest BCUT2D eigenvalue weighted by Gasteiger charge is -2.14. The van der Waals surface area contributed by atoms with Crippen molar-refractivity contribution in [2.24, 2.45) is 0 Å². The number of nitrogens with two attached hydrogens (primary N) is 1. The highest BCUT2D eigenvalue weighted by Gasteiger charge is 2.22. The van der Waals surface area contributed by atoms with Crippen molar-refractivity contribution in [3.63, 3.8) is 0 Å². The molecule has 1 aromatic carbocycles. The highest BCUT2D eigenvalue weighted by molar-refractivity contribution is 6.30. The van der Waals surface area contributed by atoms with Crippen LogP contribution in [0.5, 0.6) is 0 Å². The van der Waals surface area contributed by atoms with Gasteiger partial charge in [0.15, 0.2) is 0 Å². The fraction of sp³-hybridized carbons (Fsp3) is 0.300. The van der Waals surface area contributed by atoms with Crippen molar-refractivity contribution in [1.29, 1.82) is 0 Å². The number of nitrogen functional groups attached to an aromatic ring is 1. The third-order valence-corrected chi connectivity index (χ3v) is 2.55. The largest absolute Gasteiger partial charge is 0.448 e. The minimum atomic E-state index is -0.297. The average Bonchev–Trinajstić information content (AvgIpc) is 2.58. The molecule has 2 N–H and O–H groups in total. The van der Waals surface area contributed by atoms with Crippen molar-refractivity contribution < 1.29 is 9.53 Å². The van der Waals surface area contributed by atoms with Crippen molar-refractivity contribution in [2.75, 3.05) is 18.9 Å². The SMILES string of the molecule is Nc1ccc(Cl)cc1CN1CCOC1=O. The zero-order chi connectivity index (χ0) is 10.8. The molecule has 0 bridgehead atoms. The van der Waals surface area contributed by atoms with Crippen molar-refractivity contribution in [1.82, 2.24) is 4.90 Å². The number of hydrogen-bond donors (Lipinski definition) is 1. The van der Waals surface area contributed by atoms with Gasteiger partial charge >= 0.3 is 6.09 Å². The van der Waals surface area contributed by atoms with Gasteiger partial charge in [0.1, 0.15) is 6.61 Å². The van der Waals surface area contributed by atoms with Crippen molar-refractivity contribution >= 4 is 23.4 Å². The molecule has 4 nitrogen and oxygen atoms in total. The molecule has 2 rings (SSSR count). The van der Waals surface area contributed by atoms with Crippen molar-refractivity contribution in [3.8, 4) is 0 Å². The number of benzene rings is 1. The predicted octanol–water partition coefficient (Wildman–Crippen LogP) is 1.87. The molecular formula is C10H11ClN2O2. The van der Waals surface area contributed by atoms with Crippen molar-refractivity contribution in [3.05, 3.63) is 28.8 Å². The number of cyclic esters (lactones) is 1. The first-order valence-electron chi connectivity index (χ1n) is 4.62. The van der Waals surface area contributed by atoms with E-state index in [1.165, 1.54) is 0 Å². The normalized spacial score (nSPS) is 15.5. The molecule has 5 heteroatoms. The van der Waals surface area contributed by atoms with E-state index in [2.05, 4.69) is 0 Å². The molecule has 0 saturated carbocycles. The van der Waals surface area contributed by atoms with Gasteiger partial charge in [0.05, 0.1) is 13.1 Å². The molecule has 1 aliphatic heterocycles. The van der Waals surface area contributed by atoms with Crippen LogP contribution in [0.1, 0.15) is 5.56 Å². The van der Waals surface area contributed by atoms with E-state index in [0.717, 1.165) is 5.56 Å². The second-order valence-corrected chi connectivity index (χ2v) is 3.82. The summed E-state index contributed by atoms with van der Waals surface area (Å²) in [7, 11) is 0. The van der Waals surface area contributed by atoms with Crippen LogP contribution in [0.3, 0.4) is 0 Å². The highest BCUT2D eigenvalue weighted by Crippen LogP contribution is 2.20. The van der Waals surface area contributed by atoms with E-state index in [9.17, 15) is 4.79 Å². The van der Waals surface area contributed by atoms with Crippen LogP contribution in [-0.2, 0) is 11.3 Å². The van der Waals surface area contributed by atoms with Crippen LogP contribution in [0.15, 0.2) is 18.2 Å². The highest BCUT2D eigenvalue weighted by atomic mass is 35.5. The molecule has 0 radical (unpaired) electrons. The number of halogens is 1. The van der Waals surface area contributed by atoms with Crippen LogP contribution in [0, 0.1) is 0 Å². The van der Waals surface area contributed by atoms with Gasteiger partial charge in [-0.2, -0.15) is 0 Å². The number of ether oxygens (including phenoxy) is 1. The summed E-state index contributed by atoms with van der Waals surface area (Å²) >= 11 is 5.85. The van der Waals surface area contributed by atoms with Gasteiger partial charge in [-0.3, -0.25) is 0 Å². The molecule has 0 unspecified atom stereocenters. The molecule has 1 fully saturated rings. The summed E-state index contributed by atoms with van der Waals surface area (Å²) in [6.07, 6.45) is -0.297. The van der Waals surface area contributed by atoms with E-state index in [4.69, 9.17) is 22.1 Å². The number of hydrogen-bond acceptors (Lipinski definition) is 3. The van der Waals surface area contributed by atoms with E-state index in [-0.39, 0.29) is 6.09 Å². The molecule has 0 spiro atoms. The zero-order valence-corrected chi connectivity index (χ0v) is 8.83. The van der Waals surface area contributed by atoms with E-state index < -0.39 is 0 Å². The predicted molar refractivity (Wildman–Crippen MR) is 57.6 cm³/mol. The van der Waals surface area contributed by atoms with Crippen LogP contribution >= 0.6 is 11.6 Å². The number of anilines is 1. The van der Waals surface area contributed by atoms with Gasteiger partial charge in [0, 0.05) is 10.7 Å². The van der Waals surface area contributed by atoms with Gasteiger partial charge < -0.3 is 15.4 Å². The zero-order valence-electron chi connectivity index (χ0n) is 8.07. The Morgan fingerprint density at radius 3 is 3.00 bits per heavy atom. The van der Waals surface area contributed by atoms with Crippen LogP contribution in [0.4, 0.5) is 10.5 Å². The summed E-state index contributed by atoms with van der Waals surface area (Å²) in [5.74, 6) is 0. The summed E-state index contributed by atoms with van der Waals surface area (Å²) in [4.78, 5) is 12.8. The molecule has 0 atom stereocenters. The minimum absolute atomic E-state index is 0.297. The number of nitrogens with zero attached hydrogens (tertiary/aromatic N) is 1. The summed E-state index contributed by atoms with van der Waals surface area (Å²) in [5, 5.41) is 0.617. The van der Waals surface area contributed by atoms with E-state index in [0.29, 0.717) is 30.4 Å². The number of carbonyl (C=O) groups excluding carboxylic acids is 1. The topological polar surface area (TPSA) is 55.6 Å². The summed E-state index contributed by atoms with van der Waals surface area (Å²) in [6.45, 7) is 1.50. The first-order valence-corrected chi connectivity index (χ1v) is 5.00. The van der Waals surface area contributed by atoms with Gasteiger partial charge in [-0.05, 0) is 23.8 Å². The molecule has 1 amide bonds. The van der Waals surface area contributed by atoms with E-state index in [1.807, 2.05) is 0 Å². The third-order valence-electron chi connectivity index (χ3n) is 2.31. The molecule has 1 aromatic rings. The molecule has 80 valence electrons. The quantitative estimate of drug-likeness (QED) is 0.784. The lowest BCUT2D eigenvalue weighted by Crippen LogP contribution is -2.24. The Kier molecular flexibility index (Phi) is 2.68. The van der Waals surface area contributed by atoms with Gasteiger partial charge in [-0.15, -0.1) is 0 Å². The lowest BCUT2D eigenvalue weighted by molar-refractivity contribution is 0.157. The van der Waals surface area contributed by atoms with Crippen LogP contribution in [0.25, 0.3) is 0 Å². The average molecular weight is 227 g/mol. The Bertz CT molecular complexity index is 395. The Labute approximate surface area is 92.6 Å². The fourth-order valence-electron chi connectivity index (χ4n) is 1.49. The molecule has 0 aromatic heterocycles. The molecule has 1 saturated heterocycles. The Hall–Kier alpha value is -1.42. The molecular weight excluding hydrogens is 216 g/mol. The maximum atomic E-state index is 11.2. The molecule has 1 aliphatic rings. The first-order chi connectivity index (χ1) is 7.16. The first kappa shape index (κ1) is 10.1. The number of rotatable bonds is 2. The monoisotopic (exact) mass is 226 g/mol. The Balaban J connectivity index is 2.16. The lowest BCUT2D eigenvalue weighted by atomic mass is 10.2. The van der Waals surface area contributed by atoms with Crippen LogP contribution in [0.2, 0.25) is 5.02 Å². The Morgan fingerprint density at radius 2 is 2.33 bits per heavy atom. The van der Waals surface area contributed by atoms with Crippen LogP contribution < -0.4 is 5.73 Å². The maximum Gasteiger partial charge on any atom is 0.410 e. The maximum absolute atomic E-state index is 11.2. The molecule has 15 heavy (non-hydrogen) atoms. The Morgan fingerprint density at radius 1 is 1.53 bits per heavy atom. The standard InChI is InChI=1S/C10H11ClN2O2/c11-8-1-2-9(12)7(5-8)6-13-3-4-15-10(13)14/h1-2,5H,3-4,6,12H2. The second kappa shape index (κ2) is 3.98. The second-order valence-electron chi connectivity index (χ2n) is 3.38. The summed E-state index contributed by atoms with van der Waals surface area (Å²) in [6, 6.07) is 5.23. The van der Waals surface area contributed by atoms with E-state index in [1.54, 1.807) is 23.1 Å². The van der Waals surface area contributed by atoms with Crippen molar-refractivity contribution in [2.45, 2.75) is 6.54 Å². The minimum Gasteiger partial charge on any atom is -0.448 e. The van der Waals surface area contributed by atoms with Gasteiger partial charge in [0.2, 0.25) is 0 Å². The number of amides is 1. The van der Waals surface area contributed by atoms with Gasteiger partial charge in [-0.1, -0.05) is 11.6 Å². The van der Waals surface area contributed by atoms with Gasteiger partial charge in [0.25, 0.3) is 0 Å². The smallest absolute Gasteiger partial charge is 0.410 e. The summed E-state index contributed by atoms with van der Waals surface area (Å²) in [5.41, 5.74) is 7.26. The molecule has 1 heterocycles. The van der Waals surface area contributed by atoms with Crippen LogP contribution in [-0.4, -0.2) is 24.1 Å². The fourth-order valence-corrected chi connectivity index (χ4v) is 1.68.